The molecule has 4 rings (SSSR count). The predicted molar refractivity (Wildman–Crippen MR) is 103 cm³/mol. The molecule has 1 amide bonds. The number of anilines is 1. The summed E-state index contributed by atoms with van der Waals surface area (Å²) in [5.41, 5.74) is 1.83. The Morgan fingerprint density at radius 1 is 0.963 bits per heavy atom. The summed E-state index contributed by atoms with van der Waals surface area (Å²) in [4.78, 5) is 16.4. The Bertz CT molecular complexity index is 1020. The molecule has 0 saturated carbocycles. The van der Waals surface area contributed by atoms with Gasteiger partial charge in [-0.05, 0) is 36.4 Å². The number of imidazole rings is 1. The molecule has 1 aromatic carbocycles. The highest BCUT2D eigenvalue weighted by molar-refractivity contribution is 5.80. The van der Waals surface area contributed by atoms with Gasteiger partial charge in [-0.2, -0.15) is 0 Å². The Balaban J connectivity index is 1.23. The van der Waals surface area contributed by atoms with Gasteiger partial charge >= 0.3 is 0 Å². The normalized spacial score (nSPS) is 10.8. The highest BCUT2D eigenvalue weighted by Crippen LogP contribution is 2.11. The number of hydrogen-bond donors (Lipinski definition) is 2. The Kier molecular flexibility index (Phi) is 4.78. The molecule has 3 aromatic heterocycles. The molecular weight excluding hydrogens is 342 g/mol. The largest absolute Gasteiger partial charge is 0.367 e. The number of nitrogens with one attached hydrogen (secondary N) is 2. The second kappa shape index (κ2) is 7.69. The quantitative estimate of drug-likeness (QED) is 0.490. The molecule has 27 heavy (non-hydrogen) atoms. The van der Waals surface area contributed by atoms with Crippen LogP contribution >= 0.6 is 0 Å². The molecule has 0 bridgehead atoms. The maximum atomic E-state index is 12.1. The van der Waals surface area contributed by atoms with Crippen LogP contribution in [0, 0.1) is 0 Å². The summed E-state index contributed by atoms with van der Waals surface area (Å²) in [6.45, 7) is 1.30. The van der Waals surface area contributed by atoms with Crippen LogP contribution in [0.3, 0.4) is 0 Å². The zero-order chi connectivity index (χ0) is 18.5. The molecule has 0 radical (unpaired) electrons. The molecule has 2 N–H and O–H groups in total. The van der Waals surface area contributed by atoms with Crippen LogP contribution in [0.1, 0.15) is 0 Å². The number of fused-ring (bicyclic) bond motifs is 1. The van der Waals surface area contributed by atoms with Gasteiger partial charge in [0.05, 0.1) is 17.4 Å². The van der Waals surface area contributed by atoms with E-state index in [0.717, 1.165) is 16.9 Å². The van der Waals surface area contributed by atoms with Crippen LogP contribution in [0.15, 0.2) is 67.3 Å². The standard InChI is InChI=1S/C19H19N7O/c27-19(13-26-14-22-15-5-1-2-6-16(15)26)21-10-9-20-17-7-8-18(24-23-17)25-11-3-4-12-25/h1-8,11-12,14H,9-10,13H2,(H,20,23)(H,21,27). The molecule has 0 aliphatic rings. The summed E-state index contributed by atoms with van der Waals surface area (Å²) < 4.78 is 3.72. The first kappa shape index (κ1) is 16.8. The van der Waals surface area contributed by atoms with Gasteiger partial charge in [-0.25, -0.2) is 4.98 Å². The van der Waals surface area contributed by atoms with E-state index in [0.29, 0.717) is 18.9 Å². The number of amides is 1. The summed E-state index contributed by atoms with van der Waals surface area (Å²) in [5.74, 6) is 1.36. The molecule has 3 heterocycles. The molecule has 0 saturated heterocycles. The van der Waals surface area contributed by atoms with Crippen molar-refractivity contribution in [2.45, 2.75) is 6.54 Å². The molecule has 136 valence electrons. The van der Waals surface area contributed by atoms with Crippen molar-refractivity contribution >= 4 is 22.8 Å². The van der Waals surface area contributed by atoms with E-state index in [9.17, 15) is 4.79 Å². The van der Waals surface area contributed by atoms with Crippen molar-refractivity contribution in [1.82, 2.24) is 29.6 Å². The summed E-state index contributed by atoms with van der Waals surface area (Å²) >= 11 is 0. The zero-order valence-corrected chi connectivity index (χ0v) is 14.6. The van der Waals surface area contributed by atoms with E-state index in [-0.39, 0.29) is 12.5 Å². The van der Waals surface area contributed by atoms with Crippen molar-refractivity contribution in [3.05, 3.63) is 67.3 Å². The average Bonchev–Trinajstić information content (AvgIpc) is 3.37. The fourth-order valence-corrected chi connectivity index (χ4v) is 2.78. The highest BCUT2D eigenvalue weighted by Gasteiger charge is 2.06. The molecule has 0 aliphatic carbocycles. The van der Waals surface area contributed by atoms with E-state index in [2.05, 4.69) is 25.8 Å². The number of carbonyl (C=O) groups excluding carboxylic acids is 1. The topological polar surface area (TPSA) is 89.7 Å². The number of nitrogens with zero attached hydrogens (tertiary/aromatic N) is 5. The molecule has 0 spiro atoms. The summed E-state index contributed by atoms with van der Waals surface area (Å²) in [6.07, 6.45) is 5.51. The lowest BCUT2D eigenvalue weighted by Gasteiger charge is -2.08. The van der Waals surface area contributed by atoms with Crippen LogP contribution in [0.4, 0.5) is 5.82 Å². The third kappa shape index (κ3) is 3.95. The number of para-hydroxylation sites is 2. The fourth-order valence-electron chi connectivity index (χ4n) is 2.78. The Morgan fingerprint density at radius 2 is 1.81 bits per heavy atom. The van der Waals surface area contributed by atoms with Gasteiger partial charge in [0.1, 0.15) is 12.4 Å². The van der Waals surface area contributed by atoms with Gasteiger partial charge in [-0.1, -0.05) is 12.1 Å². The van der Waals surface area contributed by atoms with E-state index < -0.39 is 0 Å². The van der Waals surface area contributed by atoms with Crippen molar-refractivity contribution in [3.63, 3.8) is 0 Å². The second-order valence-electron chi connectivity index (χ2n) is 6.01. The maximum Gasteiger partial charge on any atom is 0.240 e. The molecule has 4 aromatic rings. The lowest BCUT2D eigenvalue weighted by atomic mass is 10.3. The first-order chi connectivity index (χ1) is 13.3. The molecule has 0 fully saturated rings. The van der Waals surface area contributed by atoms with Gasteiger partial charge in [0.25, 0.3) is 0 Å². The number of benzene rings is 1. The van der Waals surface area contributed by atoms with E-state index in [1.807, 2.05) is 70.1 Å². The molecule has 0 aliphatic heterocycles. The predicted octanol–water partition coefficient (Wildman–Crippen LogP) is 1.85. The van der Waals surface area contributed by atoms with Crippen LogP contribution < -0.4 is 10.6 Å². The van der Waals surface area contributed by atoms with E-state index in [1.165, 1.54) is 0 Å². The summed E-state index contributed by atoms with van der Waals surface area (Å²) in [7, 11) is 0. The van der Waals surface area contributed by atoms with Crippen molar-refractivity contribution in [3.8, 4) is 5.82 Å². The second-order valence-corrected chi connectivity index (χ2v) is 6.01. The summed E-state index contributed by atoms with van der Waals surface area (Å²) in [6, 6.07) is 15.4. The zero-order valence-electron chi connectivity index (χ0n) is 14.6. The lowest BCUT2D eigenvalue weighted by molar-refractivity contribution is -0.121. The monoisotopic (exact) mass is 361 g/mol. The van der Waals surface area contributed by atoms with Crippen molar-refractivity contribution in [1.29, 1.82) is 0 Å². The van der Waals surface area contributed by atoms with Crippen LogP contribution in [0.25, 0.3) is 16.9 Å². The number of hydrogen-bond acceptors (Lipinski definition) is 5. The number of aromatic nitrogens is 5. The first-order valence-corrected chi connectivity index (χ1v) is 8.67. The fraction of sp³-hybridized carbons (Fsp3) is 0.158. The average molecular weight is 361 g/mol. The molecule has 8 heteroatoms. The van der Waals surface area contributed by atoms with Crippen LogP contribution in [-0.4, -0.2) is 43.3 Å². The molecule has 0 unspecified atom stereocenters. The van der Waals surface area contributed by atoms with Crippen LogP contribution in [-0.2, 0) is 11.3 Å². The van der Waals surface area contributed by atoms with E-state index >= 15 is 0 Å². The van der Waals surface area contributed by atoms with Crippen molar-refractivity contribution < 1.29 is 4.79 Å². The number of carbonyl (C=O) groups is 1. The van der Waals surface area contributed by atoms with Gasteiger partial charge < -0.3 is 19.8 Å². The maximum absolute atomic E-state index is 12.1. The van der Waals surface area contributed by atoms with Crippen molar-refractivity contribution in [2.75, 3.05) is 18.4 Å². The minimum Gasteiger partial charge on any atom is -0.367 e. The third-order valence-electron chi connectivity index (χ3n) is 4.11. The van der Waals surface area contributed by atoms with Crippen LogP contribution in [0.5, 0.6) is 0 Å². The van der Waals surface area contributed by atoms with Gasteiger partial charge in [-0.3, -0.25) is 4.79 Å². The van der Waals surface area contributed by atoms with Gasteiger partial charge in [0.2, 0.25) is 5.91 Å². The number of rotatable bonds is 7. The lowest BCUT2D eigenvalue weighted by Crippen LogP contribution is -2.31. The molecular formula is C19H19N7O. The Hall–Kier alpha value is -3.68. The minimum atomic E-state index is -0.0611. The van der Waals surface area contributed by atoms with Crippen LogP contribution in [0.2, 0.25) is 0 Å². The molecule has 0 atom stereocenters. The first-order valence-electron chi connectivity index (χ1n) is 8.67. The van der Waals surface area contributed by atoms with E-state index in [4.69, 9.17) is 0 Å². The third-order valence-corrected chi connectivity index (χ3v) is 4.11. The minimum absolute atomic E-state index is 0.0611. The van der Waals surface area contributed by atoms with Gasteiger partial charge in [0.15, 0.2) is 5.82 Å². The molecule has 8 nitrogen and oxygen atoms in total. The highest BCUT2D eigenvalue weighted by atomic mass is 16.1. The Morgan fingerprint density at radius 3 is 2.63 bits per heavy atom. The van der Waals surface area contributed by atoms with Crippen molar-refractivity contribution in [2.24, 2.45) is 0 Å². The van der Waals surface area contributed by atoms with Gasteiger partial charge in [0, 0.05) is 25.5 Å². The van der Waals surface area contributed by atoms with E-state index in [1.54, 1.807) is 6.33 Å². The smallest absolute Gasteiger partial charge is 0.240 e. The Labute approximate surface area is 155 Å². The van der Waals surface area contributed by atoms with Gasteiger partial charge in [-0.15, -0.1) is 10.2 Å². The SMILES string of the molecule is O=C(Cn1cnc2ccccc21)NCCNc1ccc(-n2cccc2)nn1. The summed E-state index contributed by atoms with van der Waals surface area (Å²) in [5, 5.41) is 14.3.